The van der Waals surface area contributed by atoms with Gasteiger partial charge in [-0.25, -0.2) is 23.2 Å². The molecule has 402 valence electrons. The fourth-order valence-electron chi connectivity index (χ4n) is 8.88. The van der Waals surface area contributed by atoms with Gasteiger partial charge in [0.2, 0.25) is 11.8 Å². The predicted molar refractivity (Wildman–Crippen MR) is 265 cm³/mol. The van der Waals surface area contributed by atoms with E-state index in [0.29, 0.717) is 63.0 Å². The van der Waals surface area contributed by atoms with Crippen LogP contribution in [0.5, 0.6) is 0 Å². The Balaban J connectivity index is 1.19. The summed E-state index contributed by atoms with van der Waals surface area (Å²) in [6.45, 7) is 16.3. The number of hydrogen-bond acceptors (Lipinski definition) is 16. The van der Waals surface area contributed by atoms with Crippen LogP contribution in [0.25, 0.3) is 10.9 Å². The molecule has 22 heteroatoms. The van der Waals surface area contributed by atoms with E-state index in [1.807, 2.05) is 4.90 Å². The maximum atomic E-state index is 14.5. The SMILES string of the molecule is CC(C)(C)OC(=O)C(C(=O)OC(C)(C)C)(C(=O)OC(C)(C)C)N1CCNCCNCCN(CC(=O)NCC2CCC(NC(=O)c3ccc4nccc(C(=O)NCC(=O)N5CC(F)(F)C[C@H]5C#N)c4c3)CC2)CC1. The number of nitrogens with one attached hydrogen (secondary N) is 5. The highest BCUT2D eigenvalue weighted by molar-refractivity contribution is 6.23. The summed E-state index contributed by atoms with van der Waals surface area (Å²) in [6, 6.07) is 6.41. The first-order chi connectivity index (χ1) is 34.1. The van der Waals surface area contributed by atoms with Gasteiger partial charge in [0, 0.05) is 88.5 Å². The maximum absolute atomic E-state index is 14.5. The van der Waals surface area contributed by atoms with Gasteiger partial charge in [-0.15, -0.1) is 0 Å². The van der Waals surface area contributed by atoms with Gasteiger partial charge in [0.1, 0.15) is 22.8 Å². The molecule has 1 aliphatic carbocycles. The second-order valence-electron chi connectivity index (χ2n) is 22.0. The van der Waals surface area contributed by atoms with Gasteiger partial charge in [0.05, 0.1) is 36.8 Å². The predicted octanol–water partition coefficient (Wildman–Crippen LogP) is 2.69. The highest BCUT2D eigenvalue weighted by atomic mass is 19.3. The molecule has 1 atom stereocenters. The van der Waals surface area contributed by atoms with Gasteiger partial charge in [-0.1, -0.05) is 0 Å². The number of fused-ring (bicyclic) bond motifs is 1. The number of carbonyl (C=O) groups is 7. The average Bonchev–Trinajstić information content (AvgIpc) is 3.61. The van der Waals surface area contributed by atoms with E-state index in [1.165, 1.54) is 23.2 Å². The third-order valence-electron chi connectivity index (χ3n) is 12.4. The molecule has 0 unspecified atom stereocenters. The Labute approximate surface area is 426 Å². The van der Waals surface area contributed by atoms with Crippen LogP contribution < -0.4 is 26.6 Å². The molecular weight excluding hydrogens is 951 g/mol. The summed E-state index contributed by atoms with van der Waals surface area (Å²) in [5.74, 6) is -8.52. The molecule has 0 bridgehead atoms. The molecule has 2 aliphatic heterocycles. The van der Waals surface area contributed by atoms with Crippen LogP contribution in [0.15, 0.2) is 30.5 Å². The van der Waals surface area contributed by atoms with Crippen molar-refractivity contribution in [3.05, 3.63) is 41.6 Å². The van der Waals surface area contributed by atoms with Crippen molar-refractivity contribution >= 4 is 52.4 Å². The zero-order valence-corrected chi connectivity index (χ0v) is 43.7. The van der Waals surface area contributed by atoms with Crippen molar-refractivity contribution in [1.29, 1.82) is 5.26 Å². The molecule has 3 aliphatic rings. The Morgan fingerprint density at radius 3 is 1.93 bits per heavy atom. The molecule has 0 radical (unpaired) electrons. The van der Waals surface area contributed by atoms with Crippen molar-refractivity contribution in [2.75, 3.05) is 78.5 Å². The molecule has 3 fully saturated rings. The minimum absolute atomic E-state index is 0.0108. The number of aromatic nitrogens is 1. The second-order valence-corrected chi connectivity index (χ2v) is 22.0. The van der Waals surface area contributed by atoms with Gasteiger partial charge in [-0.2, -0.15) is 5.26 Å². The van der Waals surface area contributed by atoms with Crippen LogP contribution in [0.1, 0.15) is 115 Å². The third kappa shape index (κ3) is 16.6. The summed E-state index contributed by atoms with van der Waals surface area (Å²) in [4.78, 5) is 105. The number of likely N-dealkylation sites (tertiary alicyclic amines) is 1. The highest BCUT2D eigenvalue weighted by Crippen LogP contribution is 2.33. The summed E-state index contributed by atoms with van der Waals surface area (Å²) < 4.78 is 45.3. The summed E-state index contributed by atoms with van der Waals surface area (Å²) in [5, 5.41) is 24.9. The molecule has 4 amide bonds. The molecule has 1 saturated carbocycles. The van der Waals surface area contributed by atoms with E-state index in [4.69, 9.17) is 14.2 Å². The lowest BCUT2D eigenvalue weighted by molar-refractivity contribution is -0.201. The van der Waals surface area contributed by atoms with Crippen LogP contribution in [0.2, 0.25) is 0 Å². The smallest absolute Gasteiger partial charge is 0.350 e. The first kappa shape index (κ1) is 58.0. The molecule has 1 aromatic carbocycles. The van der Waals surface area contributed by atoms with E-state index in [-0.39, 0.29) is 61.1 Å². The quantitative estimate of drug-likeness (QED) is 0.110. The fraction of sp³-hybridized carbons (Fsp3) is 0.667. The van der Waals surface area contributed by atoms with Crippen LogP contribution in [-0.2, 0) is 38.2 Å². The molecule has 1 aromatic heterocycles. The number of esters is 3. The van der Waals surface area contributed by atoms with Crippen molar-refractivity contribution in [3.63, 3.8) is 0 Å². The molecule has 0 spiro atoms. The Hall–Kier alpha value is -5.89. The van der Waals surface area contributed by atoms with Gasteiger partial charge in [0.25, 0.3) is 17.7 Å². The highest BCUT2D eigenvalue weighted by Gasteiger charge is 2.64. The molecule has 2 saturated heterocycles. The number of carbonyl (C=O) groups excluding carboxylic acids is 7. The number of rotatable bonds is 13. The van der Waals surface area contributed by atoms with Crippen molar-refractivity contribution < 1.29 is 56.6 Å². The zero-order valence-electron chi connectivity index (χ0n) is 43.7. The molecule has 5 rings (SSSR count). The molecule has 5 N–H and O–H groups in total. The van der Waals surface area contributed by atoms with Crippen LogP contribution in [0.4, 0.5) is 8.78 Å². The van der Waals surface area contributed by atoms with Gasteiger partial charge in [-0.3, -0.25) is 34.0 Å². The van der Waals surface area contributed by atoms with Crippen molar-refractivity contribution in [2.24, 2.45) is 5.92 Å². The van der Waals surface area contributed by atoms with Crippen LogP contribution in [0, 0.1) is 17.2 Å². The standard InChI is InChI=1S/C51H74F2N10O10/c1-47(2,3)71-44(68)51(45(69)72-48(4,5)6,46(70)73-49(7,8)9)62-23-21-56-19-18-55-20-22-61(24-25-62)31-40(64)58-29-33-10-13-35(14-11-33)60-42(66)34-12-15-39-38(26-34)37(16-17-57-39)43(67)59-30-41(65)63-32-50(52,53)27-36(63)28-54/h12,15-17,26,33,35-36,55-56H,10-11,13-14,18-25,27,29-32H2,1-9H3,(H,58,64)(H,59,67)(H,60,66)/t33?,35?,36-/m0/s1. The molecule has 2 aromatic rings. The summed E-state index contributed by atoms with van der Waals surface area (Å²) in [7, 11) is 0. The monoisotopic (exact) mass is 1020 g/mol. The number of hydrogen-bond donors (Lipinski definition) is 5. The number of benzene rings is 1. The first-order valence-electron chi connectivity index (χ1n) is 25.0. The minimum atomic E-state index is -3.20. The lowest BCUT2D eigenvalue weighted by Crippen LogP contribution is -2.70. The lowest BCUT2D eigenvalue weighted by atomic mass is 9.86. The number of ether oxygens (including phenoxy) is 3. The van der Waals surface area contributed by atoms with E-state index in [9.17, 15) is 47.6 Å². The molecule has 73 heavy (non-hydrogen) atoms. The summed E-state index contributed by atoms with van der Waals surface area (Å²) >= 11 is 0. The first-order valence-corrected chi connectivity index (χ1v) is 25.0. The number of nitrogens with zero attached hydrogens (tertiary/aromatic N) is 5. The van der Waals surface area contributed by atoms with Gasteiger partial charge < -0.3 is 45.7 Å². The summed E-state index contributed by atoms with van der Waals surface area (Å²) in [5.41, 5.74) is -5.10. The van der Waals surface area contributed by atoms with Crippen molar-refractivity contribution in [1.82, 2.24) is 46.3 Å². The van der Waals surface area contributed by atoms with Crippen LogP contribution in [0.3, 0.4) is 0 Å². The topological polar surface area (TPSA) is 254 Å². The molecular formula is C51H74F2N10O10. The Kier molecular flexibility index (Phi) is 19.4. The van der Waals surface area contributed by atoms with E-state index in [2.05, 4.69) is 31.6 Å². The number of amides is 4. The van der Waals surface area contributed by atoms with Gasteiger partial charge in [0.15, 0.2) is 0 Å². The Bertz CT molecular complexity index is 2300. The van der Waals surface area contributed by atoms with Crippen molar-refractivity contribution in [3.8, 4) is 6.07 Å². The van der Waals surface area contributed by atoms with Gasteiger partial charge >= 0.3 is 23.4 Å². The van der Waals surface area contributed by atoms with E-state index >= 15 is 0 Å². The molecule has 20 nitrogen and oxygen atoms in total. The maximum Gasteiger partial charge on any atom is 0.350 e. The Morgan fingerprint density at radius 1 is 0.767 bits per heavy atom. The number of halogens is 2. The normalized spacial score (nSPS) is 20.8. The Morgan fingerprint density at radius 2 is 1.36 bits per heavy atom. The fourth-order valence-corrected chi connectivity index (χ4v) is 8.88. The lowest BCUT2D eigenvalue weighted by Gasteiger charge is -2.42. The average molecular weight is 1030 g/mol. The van der Waals surface area contributed by atoms with Gasteiger partial charge in [-0.05, 0) is 118 Å². The number of pyridine rings is 1. The number of alkyl halides is 2. The molecule has 3 heterocycles. The van der Waals surface area contributed by atoms with E-state index in [0.717, 1.165) is 17.7 Å². The third-order valence-corrected chi connectivity index (χ3v) is 12.4. The van der Waals surface area contributed by atoms with Crippen LogP contribution >= 0.6 is 0 Å². The summed E-state index contributed by atoms with van der Waals surface area (Å²) in [6.07, 6.45) is 3.37. The largest absolute Gasteiger partial charge is 0.458 e. The van der Waals surface area contributed by atoms with E-state index in [1.54, 1.807) is 80.5 Å². The number of nitriles is 1. The second kappa shape index (κ2) is 24.4. The van der Waals surface area contributed by atoms with Crippen molar-refractivity contribution in [2.45, 2.75) is 135 Å². The minimum Gasteiger partial charge on any atom is -0.458 e. The van der Waals surface area contributed by atoms with E-state index < -0.39 is 83.5 Å². The van der Waals surface area contributed by atoms with Crippen LogP contribution in [-0.4, -0.2) is 180 Å². The zero-order chi connectivity index (χ0) is 53.9.